The van der Waals surface area contributed by atoms with Gasteiger partial charge in [-0.25, -0.2) is 23.5 Å². The molecule has 0 bridgehead atoms. The third-order valence-electron chi connectivity index (χ3n) is 7.45. The van der Waals surface area contributed by atoms with Crippen molar-refractivity contribution >= 4 is 34.2 Å². The highest BCUT2D eigenvalue weighted by atomic mass is 127. The molecule has 0 saturated carbocycles. The first kappa shape index (κ1) is 24.4. The highest BCUT2D eigenvalue weighted by Gasteiger charge is 2.45. The molecule has 1 aromatic heterocycles. The molecule has 0 radical (unpaired) electrons. The average molecular weight is 623 g/mol. The maximum atomic E-state index is 13.7. The minimum Gasteiger partial charge on any atom is -0.504 e. The Bertz CT molecular complexity index is 1770. The predicted molar refractivity (Wildman–Crippen MR) is 147 cm³/mol. The SMILES string of the molecule is COc1cc([C@H]2C3=CCn4c(=O)n(-c5ccccc5)c(=O)n4[C@@H]3CC3=C2C(=O)C=C(C)C3=O)cc(I)c1O. The zero-order chi connectivity index (χ0) is 26.9. The van der Waals surface area contributed by atoms with Crippen LogP contribution >= 0.6 is 22.6 Å². The van der Waals surface area contributed by atoms with E-state index in [9.17, 15) is 24.3 Å². The number of phenolic OH excluding ortho intramolecular Hbond substituents is 1. The Kier molecular flexibility index (Phi) is 5.67. The number of benzene rings is 2. The quantitative estimate of drug-likeness (QED) is 0.273. The number of aromatic hydroxyl groups is 1. The second-order valence-electron chi connectivity index (χ2n) is 9.49. The number of ketones is 2. The molecule has 2 aliphatic carbocycles. The number of carbonyl (C=O) groups excluding carboxylic acids is 2. The average Bonchev–Trinajstić information content (AvgIpc) is 3.17. The Morgan fingerprint density at radius 1 is 1.05 bits per heavy atom. The third kappa shape index (κ3) is 3.43. The van der Waals surface area contributed by atoms with Crippen LogP contribution < -0.4 is 16.1 Å². The number of phenols is 1. The van der Waals surface area contributed by atoms with Crippen LogP contribution in [0.5, 0.6) is 11.5 Å². The van der Waals surface area contributed by atoms with Crippen molar-refractivity contribution in [2.75, 3.05) is 7.11 Å². The van der Waals surface area contributed by atoms with E-state index in [2.05, 4.69) is 0 Å². The van der Waals surface area contributed by atoms with Crippen LogP contribution in [0.25, 0.3) is 5.69 Å². The number of hydrogen-bond donors (Lipinski definition) is 1. The highest BCUT2D eigenvalue weighted by molar-refractivity contribution is 14.1. The van der Waals surface area contributed by atoms with E-state index in [1.807, 2.05) is 28.7 Å². The first-order chi connectivity index (χ1) is 18.2. The summed E-state index contributed by atoms with van der Waals surface area (Å²) in [5, 5.41) is 10.4. The first-order valence-corrected chi connectivity index (χ1v) is 13.1. The summed E-state index contributed by atoms with van der Waals surface area (Å²) in [6.45, 7) is 1.73. The predicted octanol–water partition coefficient (Wildman–Crippen LogP) is 3.18. The molecule has 6 rings (SSSR count). The summed E-state index contributed by atoms with van der Waals surface area (Å²) in [5.41, 5.74) is 1.88. The molecule has 0 fully saturated rings. The number of allylic oxidation sites excluding steroid dienone is 6. The van der Waals surface area contributed by atoms with Gasteiger partial charge in [0.15, 0.2) is 23.1 Å². The molecular weight excluding hydrogens is 601 g/mol. The number of methoxy groups -OCH3 is 1. The minimum atomic E-state index is -0.664. The van der Waals surface area contributed by atoms with Gasteiger partial charge in [-0.15, -0.1) is 0 Å². The lowest BCUT2D eigenvalue weighted by Crippen LogP contribution is -2.40. The fourth-order valence-corrected chi connectivity index (χ4v) is 6.37. The van der Waals surface area contributed by atoms with E-state index in [-0.39, 0.29) is 36.0 Å². The van der Waals surface area contributed by atoms with Crippen LogP contribution in [0.1, 0.15) is 30.9 Å². The van der Waals surface area contributed by atoms with Crippen LogP contribution in [0.3, 0.4) is 0 Å². The van der Waals surface area contributed by atoms with Gasteiger partial charge < -0.3 is 9.84 Å². The lowest BCUT2D eigenvalue weighted by atomic mass is 9.68. The number of carbonyl (C=O) groups is 2. The number of fused-ring (bicyclic) bond motifs is 3. The summed E-state index contributed by atoms with van der Waals surface area (Å²) in [7, 11) is 1.44. The molecule has 0 amide bonds. The van der Waals surface area contributed by atoms with Crippen LogP contribution in [-0.4, -0.2) is 37.7 Å². The third-order valence-corrected chi connectivity index (χ3v) is 8.27. The largest absolute Gasteiger partial charge is 0.504 e. The van der Waals surface area contributed by atoms with Crippen molar-refractivity contribution in [3.8, 4) is 17.2 Å². The molecule has 3 aromatic rings. The fourth-order valence-electron chi connectivity index (χ4n) is 5.75. The molecule has 0 saturated heterocycles. The number of para-hydroxylation sites is 1. The number of rotatable bonds is 3. The summed E-state index contributed by atoms with van der Waals surface area (Å²) >= 11 is 1.99. The number of nitrogens with zero attached hydrogens (tertiary/aromatic N) is 3. The molecule has 1 aliphatic heterocycles. The molecular formula is C28H22IN3O6. The lowest BCUT2D eigenvalue weighted by Gasteiger charge is -2.39. The molecule has 9 nitrogen and oxygen atoms in total. The Morgan fingerprint density at radius 3 is 2.50 bits per heavy atom. The minimum absolute atomic E-state index is 0.0252. The zero-order valence-electron chi connectivity index (χ0n) is 20.5. The second kappa shape index (κ2) is 8.83. The molecule has 2 atom stereocenters. The number of hydrogen-bond acceptors (Lipinski definition) is 6. The van der Waals surface area contributed by atoms with Gasteiger partial charge in [0.25, 0.3) is 0 Å². The molecule has 1 N–H and O–H groups in total. The Labute approximate surface area is 230 Å². The van der Waals surface area contributed by atoms with Gasteiger partial charge in [-0.3, -0.25) is 9.59 Å². The van der Waals surface area contributed by atoms with Crippen LogP contribution in [0.15, 0.2) is 86.5 Å². The highest BCUT2D eigenvalue weighted by Crippen LogP contribution is 2.51. The Hall–Kier alpha value is -3.93. The number of ether oxygens (including phenoxy) is 1. The normalized spacial score (nSPS) is 20.4. The van der Waals surface area contributed by atoms with Crippen molar-refractivity contribution in [1.29, 1.82) is 0 Å². The van der Waals surface area contributed by atoms with Crippen molar-refractivity contribution in [3.63, 3.8) is 0 Å². The number of aromatic nitrogens is 3. The Morgan fingerprint density at radius 2 is 1.79 bits per heavy atom. The summed E-state index contributed by atoms with van der Waals surface area (Å²) < 4.78 is 9.82. The van der Waals surface area contributed by atoms with E-state index < -0.39 is 23.3 Å². The molecule has 2 aromatic carbocycles. The van der Waals surface area contributed by atoms with Gasteiger partial charge in [-0.2, -0.15) is 0 Å². The number of Topliss-reactive ketones (excluding diaryl/α,β-unsaturated/α-hetero) is 1. The molecule has 38 heavy (non-hydrogen) atoms. The van der Waals surface area contributed by atoms with E-state index in [4.69, 9.17) is 4.74 Å². The topological polar surface area (TPSA) is 113 Å². The van der Waals surface area contributed by atoms with Gasteiger partial charge in [0.1, 0.15) is 0 Å². The maximum absolute atomic E-state index is 13.7. The fraction of sp³-hybridized carbons (Fsp3) is 0.214. The van der Waals surface area contributed by atoms with Crippen molar-refractivity contribution < 1.29 is 19.4 Å². The lowest BCUT2D eigenvalue weighted by molar-refractivity contribution is -0.116. The Balaban J connectivity index is 1.61. The summed E-state index contributed by atoms with van der Waals surface area (Å²) in [5.74, 6) is -0.968. The van der Waals surface area contributed by atoms with Crippen LogP contribution in [0, 0.1) is 3.57 Å². The first-order valence-electron chi connectivity index (χ1n) is 12.0. The van der Waals surface area contributed by atoms with E-state index in [1.54, 1.807) is 49.4 Å². The van der Waals surface area contributed by atoms with Crippen LogP contribution in [-0.2, 0) is 16.1 Å². The van der Waals surface area contributed by atoms with Crippen molar-refractivity contribution in [1.82, 2.24) is 13.9 Å². The molecule has 192 valence electrons. The smallest absolute Gasteiger partial charge is 0.352 e. The van der Waals surface area contributed by atoms with Gasteiger partial charge in [0.05, 0.1) is 29.0 Å². The summed E-state index contributed by atoms with van der Waals surface area (Å²) in [6, 6.07) is 11.4. The monoisotopic (exact) mass is 623 g/mol. The molecule has 3 aliphatic rings. The standard InChI is InChI=1S/C28H22IN3O6/c1-14-10-21(33)24-18(25(14)34)13-20-17(23(24)15-11-19(29)26(35)22(12-15)38-2)8-9-30-27(36)31(28(37)32(20)30)16-6-4-3-5-7-16/h3-8,10-12,20,23,35H,9,13H2,1-2H3/t20-,23+/m1/s1. The van der Waals surface area contributed by atoms with Gasteiger partial charge in [0.2, 0.25) is 0 Å². The van der Waals surface area contributed by atoms with Crippen molar-refractivity contribution in [2.45, 2.75) is 31.8 Å². The van der Waals surface area contributed by atoms with Crippen LogP contribution in [0.2, 0.25) is 0 Å². The van der Waals surface area contributed by atoms with Gasteiger partial charge in [-0.05, 0) is 71.0 Å². The number of halogens is 1. The molecule has 0 spiro atoms. The van der Waals surface area contributed by atoms with Crippen molar-refractivity contribution in [2.24, 2.45) is 0 Å². The zero-order valence-corrected chi connectivity index (χ0v) is 22.6. The van der Waals surface area contributed by atoms with Crippen LogP contribution in [0.4, 0.5) is 0 Å². The van der Waals surface area contributed by atoms with Gasteiger partial charge >= 0.3 is 11.4 Å². The van der Waals surface area contributed by atoms with E-state index in [0.29, 0.717) is 31.5 Å². The van der Waals surface area contributed by atoms with E-state index in [0.717, 1.165) is 10.1 Å². The van der Waals surface area contributed by atoms with E-state index in [1.165, 1.54) is 22.5 Å². The van der Waals surface area contributed by atoms with Gasteiger partial charge in [0, 0.05) is 29.1 Å². The summed E-state index contributed by atoms with van der Waals surface area (Å²) in [6.07, 6.45) is 3.33. The molecule has 0 unspecified atom stereocenters. The van der Waals surface area contributed by atoms with E-state index >= 15 is 0 Å². The molecule has 10 heteroatoms. The maximum Gasteiger partial charge on any atom is 0.352 e. The van der Waals surface area contributed by atoms with Crippen molar-refractivity contribution in [3.05, 3.63) is 107 Å². The summed E-state index contributed by atoms with van der Waals surface area (Å²) in [4.78, 5) is 53.9. The second-order valence-corrected chi connectivity index (χ2v) is 10.6. The van der Waals surface area contributed by atoms with Gasteiger partial charge in [-0.1, -0.05) is 24.3 Å². The molecule has 2 heterocycles.